The molecule has 0 saturated heterocycles. The largest absolute Gasteiger partial charge is 0.493 e. The van der Waals surface area contributed by atoms with Crippen molar-refractivity contribution in [2.24, 2.45) is 0 Å². The number of benzene rings is 2. The second kappa shape index (κ2) is 9.40. The van der Waals surface area contributed by atoms with Gasteiger partial charge in [0, 0.05) is 17.6 Å². The summed E-state index contributed by atoms with van der Waals surface area (Å²) in [5.74, 6) is 0.313. The fraction of sp³-hybridized carbons (Fsp3) is 0.316. The third-order valence-electron chi connectivity index (χ3n) is 4.16. The third kappa shape index (κ3) is 5.24. The average molecular weight is 471 g/mol. The summed E-state index contributed by atoms with van der Waals surface area (Å²) in [5.41, 5.74) is 0.910. The van der Waals surface area contributed by atoms with Gasteiger partial charge in [0.1, 0.15) is 0 Å². The monoisotopic (exact) mass is 470 g/mol. The molecule has 0 fully saturated rings. The molecule has 0 aliphatic heterocycles. The Morgan fingerprint density at radius 1 is 1.14 bits per heavy atom. The second-order valence-corrected chi connectivity index (χ2v) is 9.08. The summed E-state index contributed by atoms with van der Waals surface area (Å²) in [6.45, 7) is 1.53. The van der Waals surface area contributed by atoms with Gasteiger partial charge in [-0.15, -0.1) is 0 Å². The number of carbonyl (C=O) groups excluding carboxylic acids is 1. The average Bonchev–Trinajstić information content (AvgIpc) is 2.67. The Kier molecular flexibility index (Phi) is 7.45. The first kappa shape index (κ1) is 22.2. The second-order valence-electron chi connectivity index (χ2n) is 6.12. The maximum Gasteiger partial charge on any atom is 0.243 e. The first-order chi connectivity index (χ1) is 13.2. The van der Waals surface area contributed by atoms with Crippen molar-refractivity contribution in [1.29, 1.82) is 0 Å². The Balaban J connectivity index is 2.10. The molecule has 0 unspecified atom stereocenters. The molecule has 2 aromatic carbocycles. The highest BCUT2D eigenvalue weighted by atomic mass is 79.9. The van der Waals surface area contributed by atoms with Crippen molar-refractivity contribution in [3.8, 4) is 11.5 Å². The van der Waals surface area contributed by atoms with E-state index in [1.165, 1.54) is 39.5 Å². The number of hydrogen-bond donors (Lipinski definition) is 1. The molecule has 1 atom stereocenters. The molecule has 1 N–H and O–H groups in total. The molecular weight excluding hydrogens is 448 g/mol. The van der Waals surface area contributed by atoms with Gasteiger partial charge in [0.05, 0.1) is 31.7 Å². The SMILES string of the molecule is COc1ccc(S(=O)(=O)N(C)CC(=O)N[C@@H](C)c2cccc(Br)c2)cc1OC. The normalized spacial score (nSPS) is 12.5. The van der Waals surface area contributed by atoms with E-state index in [2.05, 4.69) is 21.2 Å². The van der Waals surface area contributed by atoms with E-state index >= 15 is 0 Å². The van der Waals surface area contributed by atoms with Crippen molar-refractivity contribution >= 4 is 31.9 Å². The van der Waals surface area contributed by atoms with Crippen LogP contribution in [0.2, 0.25) is 0 Å². The minimum absolute atomic E-state index is 0.0143. The molecule has 0 aliphatic carbocycles. The maximum absolute atomic E-state index is 12.8. The van der Waals surface area contributed by atoms with E-state index in [1.54, 1.807) is 0 Å². The van der Waals surface area contributed by atoms with Gasteiger partial charge in [-0.1, -0.05) is 28.1 Å². The summed E-state index contributed by atoms with van der Waals surface area (Å²) in [4.78, 5) is 12.4. The van der Waals surface area contributed by atoms with Crippen LogP contribution in [-0.4, -0.2) is 46.4 Å². The zero-order valence-electron chi connectivity index (χ0n) is 16.1. The Morgan fingerprint density at radius 2 is 1.82 bits per heavy atom. The van der Waals surface area contributed by atoms with E-state index in [0.717, 1.165) is 14.3 Å². The molecule has 9 heteroatoms. The Hall–Kier alpha value is -2.10. The van der Waals surface area contributed by atoms with Gasteiger partial charge in [-0.05, 0) is 36.8 Å². The van der Waals surface area contributed by atoms with Crippen LogP contribution in [0.3, 0.4) is 0 Å². The van der Waals surface area contributed by atoms with E-state index in [1.807, 2.05) is 31.2 Å². The first-order valence-electron chi connectivity index (χ1n) is 8.42. The molecule has 0 aliphatic rings. The molecule has 2 aromatic rings. The minimum Gasteiger partial charge on any atom is -0.493 e. The number of methoxy groups -OCH3 is 2. The van der Waals surface area contributed by atoms with E-state index in [0.29, 0.717) is 11.5 Å². The Labute approximate surface area is 173 Å². The van der Waals surface area contributed by atoms with Gasteiger partial charge in [-0.25, -0.2) is 8.42 Å². The number of ether oxygens (including phenoxy) is 2. The zero-order valence-corrected chi connectivity index (χ0v) is 18.5. The molecule has 0 aromatic heterocycles. The van der Waals surface area contributed by atoms with Crippen molar-refractivity contribution in [3.63, 3.8) is 0 Å². The van der Waals surface area contributed by atoms with Gasteiger partial charge < -0.3 is 14.8 Å². The van der Waals surface area contributed by atoms with Gasteiger partial charge in [0.2, 0.25) is 15.9 Å². The number of likely N-dealkylation sites (N-methyl/N-ethyl adjacent to an activating group) is 1. The van der Waals surface area contributed by atoms with E-state index in [9.17, 15) is 13.2 Å². The van der Waals surface area contributed by atoms with E-state index < -0.39 is 15.9 Å². The number of halogens is 1. The summed E-state index contributed by atoms with van der Waals surface area (Å²) in [6, 6.07) is 11.6. The summed E-state index contributed by atoms with van der Waals surface area (Å²) in [6.07, 6.45) is 0. The molecule has 7 nitrogen and oxygen atoms in total. The van der Waals surface area contributed by atoms with Crippen LogP contribution < -0.4 is 14.8 Å². The molecule has 1 amide bonds. The number of carbonyl (C=O) groups is 1. The van der Waals surface area contributed by atoms with Crippen molar-refractivity contribution in [1.82, 2.24) is 9.62 Å². The fourth-order valence-corrected chi connectivity index (χ4v) is 4.15. The van der Waals surface area contributed by atoms with Crippen LogP contribution in [0.4, 0.5) is 0 Å². The molecule has 0 saturated carbocycles. The van der Waals surface area contributed by atoms with Crippen LogP contribution >= 0.6 is 15.9 Å². The maximum atomic E-state index is 12.8. The van der Waals surface area contributed by atoms with Crippen LogP contribution in [0.1, 0.15) is 18.5 Å². The Bertz CT molecular complexity index is 949. The first-order valence-corrected chi connectivity index (χ1v) is 10.7. The Morgan fingerprint density at radius 3 is 2.43 bits per heavy atom. The van der Waals surface area contributed by atoms with Gasteiger partial charge in [-0.2, -0.15) is 4.31 Å². The highest BCUT2D eigenvalue weighted by molar-refractivity contribution is 9.10. The molecule has 0 spiro atoms. The van der Waals surface area contributed by atoms with Crippen LogP contribution in [0.5, 0.6) is 11.5 Å². The molecule has 152 valence electrons. The number of rotatable bonds is 8. The van der Waals surface area contributed by atoms with Crippen molar-refractivity contribution in [3.05, 3.63) is 52.5 Å². The van der Waals surface area contributed by atoms with E-state index in [-0.39, 0.29) is 17.5 Å². The minimum atomic E-state index is -3.87. The highest BCUT2D eigenvalue weighted by Gasteiger charge is 2.25. The van der Waals surface area contributed by atoms with Gasteiger partial charge >= 0.3 is 0 Å². The van der Waals surface area contributed by atoms with Crippen LogP contribution in [0.25, 0.3) is 0 Å². The number of sulfonamides is 1. The zero-order chi connectivity index (χ0) is 20.9. The number of nitrogens with one attached hydrogen (secondary N) is 1. The van der Waals surface area contributed by atoms with Crippen LogP contribution in [0.15, 0.2) is 51.8 Å². The summed E-state index contributed by atoms with van der Waals surface area (Å²) in [7, 11) is 0.380. The van der Waals surface area contributed by atoms with Gasteiger partial charge in [0.15, 0.2) is 11.5 Å². The molecular formula is C19H23BrN2O5S. The van der Waals surface area contributed by atoms with Crippen molar-refractivity contribution < 1.29 is 22.7 Å². The number of nitrogens with zero attached hydrogens (tertiary/aromatic N) is 1. The molecule has 28 heavy (non-hydrogen) atoms. The molecule has 0 bridgehead atoms. The summed E-state index contributed by atoms with van der Waals surface area (Å²) >= 11 is 3.39. The quantitative estimate of drug-likeness (QED) is 0.640. The van der Waals surface area contributed by atoms with Crippen LogP contribution in [0, 0.1) is 0 Å². The summed E-state index contributed by atoms with van der Waals surface area (Å²) in [5, 5.41) is 2.81. The smallest absolute Gasteiger partial charge is 0.243 e. The third-order valence-corrected chi connectivity index (χ3v) is 6.45. The van der Waals surface area contributed by atoms with Crippen molar-refractivity contribution in [2.75, 3.05) is 27.8 Å². The van der Waals surface area contributed by atoms with Gasteiger partial charge in [0.25, 0.3) is 0 Å². The lowest BCUT2D eigenvalue weighted by atomic mass is 10.1. The molecule has 2 rings (SSSR count). The predicted octanol–water partition coefficient (Wildman–Crippen LogP) is 2.96. The fourth-order valence-electron chi connectivity index (χ4n) is 2.59. The lowest BCUT2D eigenvalue weighted by Gasteiger charge is -2.20. The molecule has 0 radical (unpaired) electrons. The number of hydrogen-bond acceptors (Lipinski definition) is 5. The topological polar surface area (TPSA) is 84.9 Å². The lowest BCUT2D eigenvalue weighted by Crippen LogP contribution is -2.39. The standard InChI is InChI=1S/C19H23BrN2O5S/c1-13(14-6-5-7-15(20)10-14)21-19(23)12-22(2)28(24,25)16-8-9-17(26-3)18(11-16)27-4/h5-11,13H,12H2,1-4H3,(H,21,23)/t13-/m0/s1. The summed E-state index contributed by atoms with van der Waals surface area (Å²) < 4.78 is 37.7. The van der Waals surface area contributed by atoms with E-state index in [4.69, 9.17) is 9.47 Å². The van der Waals surface area contributed by atoms with Crippen molar-refractivity contribution in [2.45, 2.75) is 17.9 Å². The number of amides is 1. The van der Waals surface area contributed by atoms with Crippen LogP contribution in [-0.2, 0) is 14.8 Å². The van der Waals surface area contributed by atoms with Gasteiger partial charge in [-0.3, -0.25) is 4.79 Å². The molecule has 0 heterocycles. The lowest BCUT2D eigenvalue weighted by molar-refractivity contribution is -0.121. The highest BCUT2D eigenvalue weighted by Crippen LogP contribution is 2.30. The predicted molar refractivity (Wildman–Crippen MR) is 110 cm³/mol.